The normalized spacial score (nSPS) is 24.4. The number of rotatable bonds is 3. The Morgan fingerprint density at radius 3 is 2.68 bits per heavy atom. The Morgan fingerprint density at radius 1 is 1.25 bits per heavy atom. The summed E-state index contributed by atoms with van der Waals surface area (Å²) in [4.78, 5) is 13.3. The molecule has 2 atom stereocenters. The summed E-state index contributed by atoms with van der Waals surface area (Å²) >= 11 is 0. The zero-order valence-electron chi connectivity index (χ0n) is 16.1. The lowest BCUT2D eigenvalue weighted by molar-refractivity contribution is 0.100. The third kappa shape index (κ3) is 2.72. The summed E-state index contributed by atoms with van der Waals surface area (Å²) in [6.07, 6.45) is 3.51. The van der Waals surface area contributed by atoms with E-state index in [1.807, 2.05) is 4.68 Å². The molecule has 7 heteroatoms. The number of nitrogens with zero attached hydrogens (tertiary/aromatic N) is 3. The number of hydrogen-bond donors (Lipinski definition) is 2. The molecule has 0 saturated heterocycles. The van der Waals surface area contributed by atoms with Gasteiger partial charge in [0.15, 0.2) is 0 Å². The minimum atomic E-state index is -0.878. The van der Waals surface area contributed by atoms with Gasteiger partial charge in [-0.15, -0.1) is 0 Å². The molecule has 0 spiro atoms. The van der Waals surface area contributed by atoms with E-state index in [0.717, 1.165) is 22.6 Å². The van der Waals surface area contributed by atoms with Gasteiger partial charge in [0.2, 0.25) is 0 Å². The Balaban J connectivity index is 1.58. The standard InChI is InChI=1S/C21H26N4O3/c1-28-18-12-22-11-17-19-16(9-10-24(17)21(26)27)25(23-20(18)19)15-7-5-14(6-8-15)13-3-2-4-13/h5-8,13,17-18,22H,2-4,9-12H2,1H3,(H,26,27). The van der Waals surface area contributed by atoms with Crippen LogP contribution in [0, 0.1) is 0 Å². The minimum Gasteiger partial charge on any atom is -0.465 e. The first kappa shape index (κ1) is 17.7. The van der Waals surface area contributed by atoms with Crippen molar-refractivity contribution in [2.75, 3.05) is 26.7 Å². The molecule has 1 fully saturated rings. The number of nitrogens with one attached hydrogen (secondary N) is 1. The van der Waals surface area contributed by atoms with Crippen LogP contribution in [0.4, 0.5) is 4.79 Å². The molecular formula is C21H26N4O3. The number of carbonyl (C=O) groups is 1. The van der Waals surface area contributed by atoms with Crippen LogP contribution >= 0.6 is 0 Å². The van der Waals surface area contributed by atoms with Gasteiger partial charge >= 0.3 is 6.09 Å². The second-order valence-electron chi connectivity index (χ2n) is 8.00. The van der Waals surface area contributed by atoms with Crippen molar-refractivity contribution in [3.8, 4) is 5.69 Å². The van der Waals surface area contributed by atoms with Crippen molar-refractivity contribution < 1.29 is 14.6 Å². The van der Waals surface area contributed by atoms with E-state index in [-0.39, 0.29) is 12.1 Å². The summed E-state index contributed by atoms with van der Waals surface area (Å²) < 4.78 is 7.70. The molecule has 0 radical (unpaired) electrons. The first-order valence-electron chi connectivity index (χ1n) is 10.1. The van der Waals surface area contributed by atoms with Crippen molar-refractivity contribution in [3.05, 3.63) is 46.8 Å². The highest BCUT2D eigenvalue weighted by atomic mass is 16.5. The molecule has 3 heterocycles. The van der Waals surface area contributed by atoms with Gasteiger partial charge in [-0.05, 0) is 36.5 Å². The van der Waals surface area contributed by atoms with Crippen molar-refractivity contribution in [1.29, 1.82) is 0 Å². The number of ether oxygens (including phenoxy) is 1. The molecule has 1 aromatic carbocycles. The van der Waals surface area contributed by atoms with Crippen molar-refractivity contribution in [3.63, 3.8) is 0 Å². The van der Waals surface area contributed by atoms with E-state index in [0.29, 0.717) is 32.0 Å². The van der Waals surface area contributed by atoms with Crippen molar-refractivity contribution in [1.82, 2.24) is 20.0 Å². The van der Waals surface area contributed by atoms with E-state index >= 15 is 0 Å². The highest BCUT2D eigenvalue weighted by molar-refractivity contribution is 5.67. The summed E-state index contributed by atoms with van der Waals surface area (Å²) in [6, 6.07) is 8.51. The molecule has 1 aliphatic carbocycles. The van der Waals surface area contributed by atoms with Crippen LogP contribution in [0.15, 0.2) is 24.3 Å². The quantitative estimate of drug-likeness (QED) is 0.853. The molecule has 2 N–H and O–H groups in total. The van der Waals surface area contributed by atoms with E-state index in [1.54, 1.807) is 7.11 Å². The smallest absolute Gasteiger partial charge is 0.407 e. The molecule has 28 heavy (non-hydrogen) atoms. The van der Waals surface area contributed by atoms with Crippen molar-refractivity contribution in [2.45, 2.75) is 43.7 Å². The SMILES string of the molecule is COC1CNCC2c3c1nn(-c1ccc(C4CCC4)cc1)c3CCN2C(=O)O. The van der Waals surface area contributed by atoms with E-state index in [2.05, 4.69) is 29.6 Å². The van der Waals surface area contributed by atoms with Crippen LogP contribution in [0.5, 0.6) is 0 Å². The minimum absolute atomic E-state index is 0.178. The molecule has 1 saturated carbocycles. The van der Waals surface area contributed by atoms with Gasteiger partial charge in [-0.1, -0.05) is 18.6 Å². The highest BCUT2D eigenvalue weighted by Crippen LogP contribution is 2.39. The predicted molar refractivity (Wildman–Crippen MR) is 104 cm³/mol. The molecule has 2 aromatic rings. The molecule has 5 rings (SSSR count). The van der Waals surface area contributed by atoms with Crippen LogP contribution in [0.3, 0.4) is 0 Å². The van der Waals surface area contributed by atoms with Gasteiger partial charge in [0.05, 0.1) is 23.1 Å². The second kappa shape index (κ2) is 6.90. The lowest BCUT2D eigenvalue weighted by Crippen LogP contribution is -2.43. The molecule has 1 aromatic heterocycles. The fourth-order valence-electron chi connectivity index (χ4n) is 4.79. The van der Waals surface area contributed by atoms with Gasteiger partial charge in [0.1, 0.15) is 6.10 Å². The number of benzene rings is 1. The number of methoxy groups -OCH3 is 1. The van der Waals surface area contributed by atoms with E-state index < -0.39 is 6.09 Å². The maximum absolute atomic E-state index is 11.8. The third-order valence-corrected chi connectivity index (χ3v) is 6.57. The number of hydrogen-bond acceptors (Lipinski definition) is 4. The lowest BCUT2D eigenvalue weighted by atomic mass is 9.80. The molecule has 1 amide bonds. The Kier molecular flexibility index (Phi) is 4.36. The van der Waals surface area contributed by atoms with Crippen LogP contribution in [0.2, 0.25) is 0 Å². The van der Waals surface area contributed by atoms with Crippen molar-refractivity contribution in [2.24, 2.45) is 0 Å². The molecule has 3 aliphatic rings. The lowest BCUT2D eigenvalue weighted by Gasteiger charge is -2.33. The van der Waals surface area contributed by atoms with Crippen LogP contribution in [-0.2, 0) is 11.2 Å². The van der Waals surface area contributed by atoms with Gasteiger partial charge in [-0.2, -0.15) is 5.10 Å². The van der Waals surface area contributed by atoms with Gasteiger partial charge < -0.3 is 15.2 Å². The van der Waals surface area contributed by atoms with Gasteiger partial charge in [-0.25, -0.2) is 9.48 Å². The van der Waals surface area contributed by atoms with Gasteiger partial charge in [0, 0.05) is 38.7 Å². The largest absolute Gasteiger partial charge is 0.465 e. The molecule has 2 unspecified atom stereocenters. The van der Waals surface area contributed by atoms with Gasteiger partial charge in [-0.3, -0.25) is 4.90 Å². The van der Waals surface area contributed by atoms with Crippen LogP contribution in [-0.4, -0.2) is 52.6 Å². The molecule has 0 bridgehead atoms. The molecule has 7 nitrogen and oxygen atoms in total. The number of amides is 1. The zero-order chi connectivity index (χ0) is 19.3. The van der Waals surface area contributed by atoms with Crippen LogP contribution in [0.25, 0.3) is 5.69 Å². The average Bonchev–Trinajstić information content (AvgIpc) is 2.93. The predicted octanol–water partition coefficient (Wildman–Crippen LogP) is 3.01. The Morgan fingerprint density at radius 2 is 2.04 bits per heavy atom. The summed E-state index contributed by atoms with van der Waals surface area (Å²) in [5.41, 5.74) is 5.44. The molecule has 148 valence electrons. The zero-order valence-corrected chi connectivity index (χ0v) is 16.1. The summed E-state index contributed by atoms with van der Waals surface area (Å²) in [7, 11) is 1.68. The number of carboxylic acid groups (broad SMARTS) is 1. The molecule has 2 aliphatic heterocycles. The fourth-order valence-corrected chi connectivity index (χ4v) is 4.79. The van der Waals surface area contributed by atoms with E-state index in [9.17, 15) is 9.90 Å². The van der Waals surface area contributed by atoms with Crippen LogP contribution < -0.4 is 5.32 Å². The summed E-state index contributed by atoms with van der Waals surface area (Å²) in [5.74, 6) is 0.708. The maximum Gasteiger partial charge on any atom is 0.407 e. The van der Waals surface area contributed by atoms with E-state index in [4.69, 9.17) is 9.84 Å². The second-order valence-corrected chi connectivity index (χ2v) is 8.00. The van der Waals surface area contributed by atoms with Crippen molar-refractivity contribution >= 4 is 6.09 Å². The Hall–Kier alpha value is -2.38. The summed E-state index contributed by atoms with van der Waals surface area (Å²) in [6.45, 7) is 1.70. The van der Waals surface area contributed by atoms with Crippen LogP contribution in [0.1, 0.15) is 59.8 Å². The topological polar surface area (TPSA) is 79.6 Å². The summed E-state index contributed by atoms with van der Waals surface area (Å²) in [5, 5.41) is 17.9. The first-order chi connectivity index (χ1) is 13.7. The molecular weight excluding hydrogens is 356 g/mol. The monoisotopic (exact) mass is 382 g/mol. The number of aromatic nitrogens is 2. The third-order valence-electron chi connectivity index (χ3n) is 6.57. The average molecular weight is 382 g/mol. The first-order valence-corrected chi connectivity index (χ1v) is 10.1. The Labute approximate surface area is 164 Å². The maximum atomic E-state index is 11.8. The van der Waals surface area contributed by atoms with E-state index in [1.165, 1.54) is 29.7 Å². The Bertz CT molecular complexity index is 888. The van der Waals surface area contributed by atoms with Gasteiger partial charge in [0.25, 0.3) is 0 Å². The fraction of sp³-hybridized carbons (Fsp3) is 0.524. The highest BCUT2D eigenvalue weighted by Gasteiger charge is 2.40.